The van der Waals surface area contributed by atoms with Crippen molar-refractivity contribution in [1.82, 2.24) is 0 Å². The van der Waals surface area contributed by atoms with Crippen molar-refractivity contribution in [3.63, 3.8) is 0 Å². The summed E-state index contributed by atoms with van der Waals surface area (Å²) in [6.45, 7) is 3.65. The van der Waals surface area contributed by atoms with Gasteiger partial charge in [-0.25, -0.2) is 0 Å². The molecule has 0 aliphatic rings. The Bertz CT molecular complexity index is 328. The highest BCUT2D eigenvalue weighted by molar-refractivity contribution is 5.54. The molecule has 0 saturated carbocycles. The highest BCUT2D eigenvalue weighted by Crippen LogP contribution is 2.25. The van der Waals surface area contributed by atoms with Crippen LogP contribution in [0.1, 0.15) is 18.6 Å². The fourth-order valence-electron chi connectivity index (χ4n) is 1.80. The standard InChI is InChI=1S/C13H21NO3/c1-11(16)12-5-3-4-6-13(12)14(7-9-15)8-10-17-2/h3-6,11,15-16H,7-10H2,1-2H3/t11-/m1/s1. The number of aliphatic hydroxyl groups is 2. The number of aliphatic hydroxyl groups excluding tert-OH is 2. The molecule has 1 aromatic carbocycles. The summed E-state index contributed by atoms with van der Waals surface area (Å²) in [5, 5.41) is 18.8. The fourth-order valence-corrected chi connectivity index (χ4v) is 1.80. The number of ether oxygens (including phenoxy) is 1. The highest BCUT2D eigenvalue weighted by atomic mass is 16.5. The number of rotatable bonds is 7. The van der Waals surface area contributed by atoms with Gasteiger partial charge in [-0.2, -0.15) is 0 Å². The average Bonchev–Trinajstić information content (AvgIpc) is 2.34. The molecule has 0 aliphatic heterocycles. The predicted molar refractivity (Wildman–Crippen MR) is 68.3 cm³/mol. The summed E-state index contributed by atoms with van der Waals surface area (Å²) < 4.78 is 5.05. The van der Waals surface area contributed by atoms with E-state index in [0.717, 1.165) is 11.3 Å². The van der Waals surface area contributed by atoms with E-state index < -0.39 is 6.10 Å². The summed E-state index contributed by atoms with van der Waals surface area (Å²) >= 11 is 0. The molecule has 4 heteroatoms. The summed E-state index contributed by atoms with van der Waals surface area (Å²) in [7, 11) is 1.65. The van der Waals surface area contributed by atoms with Gasteiger partial charge < -0.3 is 19.8 Å². The van der Waals surface area contributed by atoms with Crippen LogP contribution < -0.4 is 4.90 Å². The molecule has 0 aliphatic carbocycles. The minimum atomic E-state index is -0.519. The van der Waals surface area contributed by atoms with Gasteiger partial charge in [0.25, 0.3) is 0 Å². The zero-order valence-corrected chi connectivity index (χ0v) is 10.5. The first-order valence-corrected chi connectivity index (χ1v) is 5.82. The molecule has 0 saturated heterocycles. The zero-order chi connectivity index (χ0) is 12.7. The van der Waals surface area contributed by atoms with Crippen LogP contribution in [0.5, 0.6) is 0 Å². The first-order chi connectivity index (χ1) is 8.20. The molecule has 1 rings (SSSR count). The van der Waals surface area contributed by atoms with Gasteiger partial charge in [0.05, 0.1) is 19.3 Å². The number of para-hydroxylation sites is 1. The Morgan fingerprint density at radius 1 is 1.29 bits per heavy atom. The van der Waals surface area contributed by atoms with Gasteiger partial charge in [0.1, 0.15) is 0 Å². The summed E-state index contributed by atoms with van der Waals surface area (Å²) in [6, 6.07) is 7.68. The van der Waals surface area contributed by atoms with Crippen molar-refractivity contribution < 1.29 is 14.9 Å². The molecule has 17 heavy (non-hydrogen) atoms. The number of nitrogens with zero attached hydrogens (tertiary/aromatic N) is 1. The number of hydrogen-bond acceptors (Lipinski definition) is 4. The van der Waals surface area contributed by atoms with Gasteiger partial charge in [-0.15, -0.1) is 0 Å². The Hall–Kier alpha value is -1.10. The average molecular weight is 239 g/mol. The van der Waals surface area contributed by atoms with Crippen molar-refractivity contribution in [2.24, 2.45) is 0 Å². The summed E-state index contributed by atoms with van der Waals surface area (Å²) in [5.41, 5.74) is 1.82. The van der Waals surface area contributed by atoms with Crippen molar-refractivity contribution in [3.8, 4) is 0 Å². The fraction of sp³-hybridized carbons (Fsp3) is 0.538. The maximum absolute atomic E-state index is 9.73. The first-order valence-electron chi connectivity index (χ1n) is 5.82. The normalized spacial score (nSPS) is 12.5. The smallest absolute Gasteiger partial charge is 0.0781 e. The van der Waals surface area contributed by atoms with Crippen molar-refractivity contribution >= 4 is 5.69 Å². The van der Waals surface area contributed by atoms with E-state index in [4.69, 9.17) is 9.84 Å². The zero-order valence-electron chi connectivity index (χ0n) is 10.5. The van der Waals surface area contributed by atoms with Crippen LogP contribution in [0.15, 0.2) is 24.3 Å². The first kappa shape index (κ1) is 14.0. The predicted octanol–water partition coefficient (Wildman–Crippen LogP) is 1.19. The van der Waals surface area contributed by atoms with Crippen molar-refractivity contribution in [2.45, 2.75) is 13.0 Å². The molecular weight excluding hydrogens is 218 g/mol. The van der Waals surface area contributed by atoms with Gasteiger partial charge in [0, 0.05) is 31.5 Å². The second-order valence-corrected chi connectivity index (χ2v) is 3.94. The van der Waals surface area contributed by atoms with Crippen LogP contribution in [-0.4, -0.2) is 43.6 Å². The quantitative estimate of drug-likeness (QED) is 0.750. The van der Waals surface area contributed by atoms with Crippen molar-refractivity contribution in [2.75, 3.05) is 38.3 Å². The van der Waals surface area contributed by atoms with Crippen LogP contribution in [0.2, 0.25) is 0 Å². The maximum atomic E-state index is 9.73. The minimum Gasteiger partial charge on any atom is -0.395 e. The van der Waals surface area contributed by atoms with Crippen LogP contribution in [0.3, 0.4) is 0 Å². The maximum Gasteiger partial charge on any atom is 0.0781 e. The molecule has 0 heterocycles. The molecule has 0 radical (unpaired) electrons. The molecule has 1 aromatic rings. The van der Waals surface area contributed by atoms with Crippen LogP contribution >= 0.6 is 0 Å². The van der Waals surface area contributed by atoms with Gasteiger partial charge in [-0.3, -0.25) is 0 Å². The van der Waals surface area contributed by atoms with E-state index in [2.05, 4.69) is 0 Å². The summed E-state index contributed by atoms with van der Waals surface area (Å²) in [6.07, 6.45) is -0.519. The molecule has 0 bridgehead atoms. The van der Waals surface area contributed by atoms with E-state index in [-0.39, 0.29) is 6.61 Å². The second-order valence-electron chi connectivity index (χ2n) is 3.94. The highest BCUT2D eigenvalue weighted by Gasteiger charge is 2.13. The van der Waals surface area contributed by atoms with E-state index in [0.29, 0.717) is 19.7 Å². The largest absolute Gasteiger partial charge is 0.395 e. The molecule has 96 valence electrons. The molecule has 4 nitrogen and oxygen atoms in total. The lowest BCUT2D eigenvalue weighted by Gasteiger charge is -2.27. The molecule has 0 aromatic heterocycles. The van der Waals surface area contributed by atoms with E-state index in [1.807, 2.05) is 29.2 Å². The number of anilines is 1. The van der Waals surface area contributed by atoms with Crippen molar-refractivity contribution in [1.29, 1.82) is 0 Å². The molecule has 1 atom stereocenters. The van der Waals surface area contributed by atoms with Gasteiger partial charge in [-0.05, 0) is 13.0 Å². The van der Waals surface area contributed by atoms with E-state index in [9.17, 15) is 5.11 Å². The van der Waals surface area contributed by atoms with Crippen LogP contribution in [-0.2, 0) is 4.74 Å². The summed E-state index contributed by atoms with van der Waals surface area (Å²) in [5.74, 6) is 0. The van der Waals surface area contributed by atoms with Gasteiger partial charge in [0.2, 0.25) is 0 Å². The topological polar surface area (TPSA) is 52.9 Å². The van der Waals surface area contributed by atoms with Crippen LogP contribution in [0.25, 0.3) is 0 Å². The molecule has 0 amide bonds. The van der Waals surface area contributed by atoms with Gasteiger partial charge in [0.15, 0.2) is 0 Å². The number of methoxy groups -OCH3 is 1. The molecule has 2 N–H and O–H groups in total. The van der Waals surface area contributed by atoms with Gasteiger partial charge in [-0.1, -0.05) is 18.2 Å². The monoisotopic (exact) mass is 239 g/mol. The number of benzene rings is 1. The third-order valence-corrected chi connectivity index (χ3v) is 2.66. The molecular formula is C13H21NO3. The van der Waals surface area contributed by atoms with Gasteiger partial charge >= 0.3 is 0 Å². The van der Waals surface area contributed by atoms with E-state index in [1.165, 1.54) is 0 Å². The van der Waals surface area contributed by atoms with Crippen molar-refractivity contribution in [3.05, 3.63) is 29.8 Å². The molecule has 0 spiro atoms. The molecule has 0 unspecified atom stereocenters. The Morgan fingerprint density at radius 3 is 2.59 bits per heavy atom. The molecule has 0 fully saturated rings. The third-order valence-electron chi connectivity index (χ3n) is 2.66. The summed E-state index contributed by atoms with van der Waals surface area (Å²) in [4.78, 5) is 2.02. The van der Waals surface area contributed by atoms with E-state index in [1.54, 1.807) is 14.0 Å². The lowest BCUT2D eigenvalue weighted by Crippen LogP contribution is -2.31. The Labute approximate surface area is 102 Å². The lowest BCUT2D eigenvalue weighted by molar-refractivity contribution is 0.196. The van der Waals surface area contributed by atoms with Crippen LogP contribution in [0.4, 0.5) is 5.69 Å². The SMILES string of the molecule is COCCN(CCO)c1ccccc1[C@@H](C)O. The van der Waals surface area contributed by atoms with E-state index >= 15 is 0 Å². The lowest BCUT2D eigenvalue weighted by atomic mass is 10.1. The minimum absolute atomic E-state index is 0.0812. The number of hydrogen-bond donors (Lipinski definition) is 2. The third kappa shape index (κ3) is 4.00. The Balaban J connectivity index is 2.91. The Morgan fingerprint density at radius 2 is 2.00 bits per heavy atom. The van der Waals surface area contributed by atoms with Crippen LogP contribution in [0, 0.1) is 0 Å². The second kappa shape index (κ2) is 7.27. The Kier molecular flexibility index (Phi) is 5.97.